The number of likely N-dealkylation sites (tertiary alicyclic amines) is 1. The van der Waals surface area contributed by atoms with E-state index in [1.54, 1.807) is 6.07 Å². The summed E-state index contributed by atoms with van der Waals surface area (Å²) in [5.74, 6) is -0.340. The molecule has 1 aliphatic rings. The molecule has 31 heavy (non-hydrogen) atoms. The summed E-state index contributed by atoms with van der Waals surface area (Å²) in [6.45, 7) is 6.23. The van der Waals surface area contributed by atoms with Crippen LogP contribution in [0.4, 0.5) is 0 Å². The fraction of sp³-hybridized carbons (Fsp3) is 0.360. The smallest absolute Gasteiger partial charge is 0.287 e. The first-order valence-corrected chi connectivity index (χ1v) is 11.1. The Morgan fingerprint density at radius 3 is 2.52 bits per heavy atom. The number of piperidine rings is 1. The lowest BCUT2D eigenvalue weighted by Gasteiger charge is -2.35. The molecular formula is C25H27ClN2O3. The van der Waals surface area contributed by atoms with Crippen LogP contribution in [0.5, 0.6) is 0 Å². The molecule has 0 saturated carbocycles. The lowest BCUT2D eigenvalue weighted by atomic mass is 10.0. The molecule has 0 radical (unpaired) electrons. The van der Waals surface area contributed by atoms with E-state index >= 15 is 0 Å². The number of carbonyl (C=O) groups is 1. The molecule has 4 rings (SSSR count). The molecule has 2 heterocycles. The van der Waals surface area contributed by atoms with Gasteiger partial charge < -0.3 is 9.73 Å². The number of benzene rings is 2. The molecule has 3 aromatic rings. The van der Waals surface area contributed by atoms with Crippen LogP contribution in [0.15, 0.2) is 51.7 Å². The van der Waals surface area contributed by atoms with E-state index in [9.17, 15) is 9.59 Å². The number of nitrogens with zero attached hydrogens (tertiary/aromatic N) is 1. The largest absolute Gasteiger partial charge is 0.450 e. The van der Waals surface area contributed by atoms with Crippen LogP contribution in [0.25, 0.3) is 11.0 Å². The van der Waals surface area contributed by atoms with Gasteiger partial charge in [0.25, 0.3) is 5.91 Å². The number of fused-ring (bicyclic) bond motifs is 1. The third kappa shape index (κ3) is 4.83. The van der Waals surface area contributed by atoms with Gasteiger partial charge in [-0.3, -0.25) is 14.5 Å². The van der Waals surface area contributed by atoms with E-state index in [1.807, 2.05) is 44.2 Å². The highest BCUT2D eigenvalue weighted by Crippen LogP contribution is 2.26. The number of amides is 1. The standard InChI is InChI=1S/C25H27ClN2O3/c1-16-12-17(2)24-20(13-16)22(29)14-23(31-24)25(30)27-15-21(28-10-4-3-5-11-28)18-6-8-19(26)9-7-18/h6-9,12-14,21H,3-5,10-11,15H2,1-2H3,(H,27,30)/t21-/m1/s1. The summed E-state index contributed by atoms with van der Waals surface area (Å²) in [6.07, 6.45) is 3.53. The van der Waals surface area contributed by atoms with Crippen LogP contribution in [0.3, 0.4) is 0 Å². The molecule has 1 fully saturated rings. The molecule has 0 unspecified atom stereocenters. The highest BCUT2D eigenvalue weighted by Gasteiger charge is 2.24. The molecular weight excluding hydrogens is 412 g/mol. The summed E-state index contributed by atoms with van der Waals surface area (Å²) in [5.41, 5.74) is 3.20. The van der Waals surface area contributed by atoms with Crippen LogP contribution < -0.4 is 10.7 Å². The second-order valence-corrected chi connectivity index (χ2v) is 8.74. The number of hydrogen-bond donors (Lipinski definition) is 1. The maximum absolute atomic E-state index is 12.9. The van der Waals surface area contributed by atoms with Gasteiger partial charge in [-0.15, -0.1) is 0 Å². The molecule has 0 spiro atoms. The summed E-state index contributed by atoms with van der Waals surface area (Å²) in [7, 11) is 0. The van der Waals surface area contributed by atoms with Crippen LogP contribution >= 0.6 is 11.6 Å². The van der Waals surface area contributed by atoms with Gasteiger partial charge in [0.15, 0.2) is 11.2 Å². The Labute approximate surface area is 187 Å². The number of aryl methyl sites for hydroxylation is 2. The van der Waals surface area contributed by atoms with Gasteiger partial charge in [0.05, 0.1) is 11.4 Å². The maximum atomic E-state index is 12.9. The summed E-state index contributed by atoms with van der Waals surface area (Å²) < 4.78 is 5.85. The van der Waals surface area contributed by atoms with Gasteiger partial charge in [0.2, 0.25) is 0 Å². The van der Waals surface area contributed by atoms with Crippen molar-refractivity contribution in [3.8, 4) is 0 Å². The minimum atomic E-state index is -0.380. The first kappa shape index (κ1) is 21.6. The lowest BCUT2D eigenvalue weighted by molar-refractivity contribution is 0.0897. The molecule has 1 N–H and O–H groups in total. The molecule has 1 saturated heterocycles. The average molecular weight is 439 g/mol. The van der Waals surface area contributed by atoms with Gasteiger partial charge in [0.1, 0.15) is 5.58 Å². The zero-order chi connectivity index (χ0) is 22.0. The molecule has 0 aliphatic carbocycles. The molecule has 1 amide bonds. The van der Waals surface area contributed by atoms with Crippen molar-refractivity contribution in [3.05, 3.63) is 80.2 Å². The zero-order valence-corrected chi connectivity index (χ0v) is 18.7. The quantitative estimate of drug-likeness (QED) is 0.607. The minimum absolute atomic E-state index is 0.0398. The van der Waals surface area contributed by atoms with Crippen molar-refractivity contribution in [2.75, 3.05) is 19.6 Å². The molecule has 2 aromatic carbocycles. The van der Waals surface area contributed by atoms with E-state index in [4.69, 9.17) is 16.0 Å². The third-order valence-corrected chi connectivity index (χ3v) is 6.18. The summed E-state index contributed by atoms with van der Waals surface area (Å²) in [5, 5.41) is 4.18. The molecule has 5 nitrogen and oxygen atoms in total. The topological polar surface area (TPSA) is 62.6 Å². The number of halogens is 1. The predicted molar refractivity (Wildman–Crippen MR) is 124 cm³/mol. The lowest BCUT2D eigenvalue weighted by Crippen LogP contribution is -2.40. The number of carbonyl (C=O) groups excluding carboxylic acids is 1. The molecule has 6 heteroatoms. The van der Waals surface area contributed by atoms with Crippen LogP contribution in [0.2, 0.25) is 5.02 Å². The number of rotatable bonds is 5. The highest BCUT2D eigenvalue weighted by molar-refractivity contribution is 6.30. The molecule has 162 valence electrons. The number of hydrogen-bond acceptors (Lipinski definition) is 4. The van der Waals surface area contributed by atoms with Crippen molar-refractivity contribution in [1.82, 2.24) is 10.2 Å². The molecule has 0 bridgehead atoms. The first-order chi connectivity index (χ1) is 14.9. The van der Waals surface area contributed by atoms with Gasteiger partial charge in [-0.1, -0.05) is 36.2 Å². The first-order valence-electron chi connectivity index (χ1n) is 10.8. The molecule has 1 aromatic heterocycles. The van der Waals surface area contributed by atoms with E-state index in [0.29, 0.717) is 22.5 Å². The highest BCUT2D eigenvalue weighted by atomic mass is 35.5. The van der Waals surface area contributed by atoms with Crippen molar-refractivity contribution < 1.29 is 9.21 Å². The Kier molecular flexibility index (Phi) is 6.44. The number of nitrogens with one attached hydrogen (secondary N) is 1. The predicted octanol–water partition coefficient (Wildman–Crippen LogP) is 5.02. The van der Waals surface area contributed by atoms with E-state index in [0.717, 1.165) is 42.6 Å². The second-order valence-electron chi connectivity index (χ2n) is 8.31. The van der Waals surface area contributed by atoms with Crippen molar-refractivity contribution in [1.29, 1.82) is 0 Å². The van der Waals surface area contributed by atoms with Crippen LogP contribution in [-0.4, -0.2) is 30.4 Å². The maximum Gasteiger partial charge on any atom is 0.287 e. The monoisotopic (exact) mass is 438 g/mol. The van der Waals surface area contributed by atoms with Crippen molar-refractivity contribution in [2.24, 2.45) is 0 Å². The Bertz CT molecular complexity index is 1150. The third-order valence-electron chi connectivity index (χ3n) is 5.92. The summed E-state index contributed by atoms with van der Waals surface area (Å²) in [4.78, 5) is 27.9. The van der Waals surface area contributed by atoms with Gasteiger partial charge in [0, 0.05) is 17.6 Å². The second kappa shape index (κ2) is 9.25. The van der Waals surface area contributed by atoms with E-state index in [2.05, 4.69) is 10.2 Å². The Hall–Kier alpha value is -2.63. The normalized spacial score (nSPS) is 15.7. The van der Waals surface area contributed by atoms with Gasteiger partial charge in [-0.25, -0.2) is 0 Å². The Balaban J connectivity index is 1.57. The van der Waals surface area contributed by atoms with Crippen molar-refractivity contribution >= 4 is 28.5 Å². The summed E-state index contributed by atoms with van der Waals surface area (Å²) >= 11 is 6.07. The van der Waals surface area contributed by atoms with E-state index < -0.39 is 0 Å². The van der Waals surface area contributed by atoms with E-state index in [-0.39, 0.29) is 23.1 Å². The van der Waals surface area contributed by atoms with Crippen molar-refractivity contribution in [2.45, 2.75) is 39.2 Å². The Morgan fingerprint density at radius 1 is 1.10 bits per heavy atom. The Morgan fingerprint density at radius 2 is 1.81 bits per heavy atom. The molecule has 1 aliphatic heterocycles. The molecule has 1 atom stereocenters. The van der Waals surface area contributed by atoms with Crippen LogP contribution in [0.1, 0.15) is 52.5 Å². The fourth-order valence-corrected chi connectivity index (χ4v) is 4.50. The van der Waals surface area contributed by atoms with Gasteiger partial charge in [-0.05, 0) is 74.7 Å². The van der Waals surface area contributed by atoms with Crippen molar-refractivity contribution in [3.63, 3.8) is 0 Å². The SMILES string of the molecule is Cc1cc(C)c2oc(C(=O)NC[C@H](c3ccc(Cl)cc3)N3CCCCC3)cc(=O)c2c1. The average Bonchev–Trinajstić information content (AvgIpc) is 2.76. The van der Waals surface area contributed by atoms with Gasteiger partial charge >= 0.3 is 0 Å². The zero-order valence-electron chi connectivity index (χ0n) is 17.9. The van der Waals surface area contributed by atoms with Crippen LogP contribution in [0, 0.1) is 13.8 Å². The van der Waals surface area contributed by atoms with E-state index in [1.165, 1.54) is 12.5 Å². The summed E-state index contributed by atoms with van der Waals surface area (Å²) in [6, 6.07) is 12.8. The fourth-order valence-electron chi connectivity index (χ4n) is 4.37. The van der Waals surface area contributed by atoms with Crippen LogP contribution in [-0.2, 0) is 0 Å². The minimum Gasteiger partial charge on any atom is -0.450 e. The van der Waals surface area contributed by atoms with Gasteiger partial charge in [-0.2, -0.15) is 0 Å².